The minimum absolute atomic E-state index is 0.00785. The van der Waals surface area contributed by atoms with Crippen LogP contribution in [0.2, 0.25) is 0 Å². The molecule has 0 aliphatic heterocycles. The van der Waals surface area contributed by atoms with Crippen molar-refractivity contribution in [1.82, 2.24) is 4.90 Å². The van der Waals surface area contributed by atoms with Crippen molar-refractivity contribution in [2.75, 3.05) is 18.9 Å². The largest absolute Gasteiger partial charge is 0.335 e. The highest BCUT2D eigenvalue weighted by Crippen LogP contribution is 2.27. The van der Waals surface area contributed by atoms with E-state index in [1.54, 1.807) is 0 Å². The zero-order chi connectivity index (χ0) is 17.0. The lowest BCUT2D eigenvalue weighted by molar-refractivity contribution is -0.139. The van der Waals surface area contributed by atoms with Crippen LogP contribution in [0.15, 0.2) is 18.2 Å². The number of halogens is 2. The van der Waals surface area contributed by atoms with E-state index in [1.807, 2.05) is 0 Å². The molecule has 1 aromatic carbocycles. The number of nitrogens with two attached hydrogens (primary N) is 1. The number of nitrogens with one attached hydrogen (secondary N) is 1. The molecule has 2 amide bonds. The van der Waals surface area contributed by atoms with Crippen LogP contribution in [0.3, 0.4) is 0 Å². The van der Waals surface area contributed by atoms with Gasteiger partial charge in [0.15, 0.2) is 0 Å². The minimum atomic E-state index is -0.918. The van der Waals surface area contributed by atoms with Gasteiger partial charge in [-0.05, 0) is 25.0 Å². The lowest BCUT2D eigenvalue weighted by atomic mass is 9.81. The molecule has 0 spiro atoms. The van der Waals surface area contributed by atoms with Crippen molar-refractivity contribution in [3.05, 3.63) is 29.8 Å². The number of hydrogen-bond acceptors (Lipinski definition) is 3. The molecule has 126 valence electrons. The van der Waals surface area contributed by atoms with E-state index < -0.39 is 23.1 Å². The molecule has 0 atom stereocenters. The first-order valence-electron chi connectivity index (χ1n) is 7.60. The fourth-order valence-corrected chi connectivity index (χ4v) is 2.89. The number of likely N-dealkylation sites (N-methyl/N-ethyl adjacent to an activating group) is 1. The number of anilines is 1. The zero-order valence-corrected chi connectivity index (χ0v) is 13.1. The topological polar surface area (TPSA) is 75.4 Å². The Kier molecular flexibility index (Phi) is 5.30. The molecule has 1 aliphatic carbocycles. The second kappa shape index (κ2) is 7.04. The van der Waals surface area contributed by atoms with Crippen LogP contribution in [0.1, 0.15) is 32.1 Å². The SMILES string of the molecule is CN(CC(=O)Nc1cc(F)cc(F)c1)C(=O)C1(N)CCCCC1. The van der Waals surface area contributed by atoms with E-state index in [0.717, 1.165) is 31.4 Å². The molecule has 0 radical (unpaired) electrons. The van der Waals surface area contributed by atoms with Gasteiger partial charge >= 0.3 is 0 Å². The summed E-state index contributed by atoms with van der Waals surface area (Å²) in [4.78, 5) is 25.6. The van der Waals surface area contributed by atoms with Gasteiger partial charge in [-0.2, -0.15) is 0 Å². The Balaban J connectivity index is 1.95. The number of amides is 2. The van der Waals surface area contributed by atoms with Crippen molar-refractivity contribution in [2.45, 2.75) is 37.6 Å². The summed E-state index contributed by atoms with van der Waals surface area (Å²) >= 11 is 0. The molecule has 0 heterocycles. The number of rotatable bonds is 4. The molecule has 3 N–H and O–H groups in total. The average molecular weight is 325 g/mol. The molecule has 7 heteroatoms. The van der Waals surface area contributed by atoms with Gasteiger partial charge in [-0.1, -0.05) is 19.3 Å². The van der Waals surface area contributed by atoms with Crippen LogP contribution < -0.4 is 11.1 Å². The highest BCUT2D eigenvalue weighted by Gasteiger charge is 2.37. The summed E-state index contributed by atoms with van der Waals surface area (Å²) in [5, 5.41) is 2.37. The first kappa shape index (κ1) is 17.3. The van der Waals surface area contributed by atoms with E-state index in [1.165, 1.54) is 11.9 Å². The molecule has 0 unspecified atom stereocenters. The molecule has 1 saturated carbocycles. The Labute approximate surface area is 133 Å². The van der Waals surface area contributed by atoms with Crippen molar-refractivity contribution in [1.29, 1.82) is 0 Å². The molecule has 2 rings (SSSR count). The van der Waals surface area contributed by atoms with Gasteiger partial charge in [0.05, 0.1) is 12.1 Å². The van der Waals surface area contributed by atoms with Crippen molar-refractivity contribution >= 4 is 17.5 Å². The van der Waals surface area contributed by atoms with Gasteiger partial charge in [-0.25, -0.2) is 8.78 Å². The van der Waals surface area contributed by atoms with Crippen LogP contribution >= 0.6 is 0 Å². The molecular weight excluding hydrogens is 304 g/mol. The summed E-state index contributed by atoms with van der Waals surface area (Å²) in [6.07, 6.45) is 4.05. The monoisotopic (exact) mass is 325 g/mol. The predicted octanol–water partition coefficient (Wildman–Crippen LogP) is 2.02. The summed E-state index contributed by atoms with van der Waals surface area (Å²) in [7, 11) is 1.50. The van der Waals surface area contributed by atoms with Gasteiger partial charge in [0.25, 0.3) is 0 Å². The van der Waals surface area contributed by atoms with Gasteiger partial charge in [0, 0.05) is 18.8 Å². The summed E-state index contributed by atoms with van der Waals surface area (Å²) in [6, 6.07) is 2.73. The number of hydrogen-bond donors (Lipinski definition) is 2. The quantitative estimate of drug-likeness (QED) is 0.889. The maximum absolute atomic E-state index is 13.1. The fourth-order valence-electron chi connectivity index (χ4n) is 2.89. The van der Waals surface area contributed by atoms with Gasteiger partial charge in [-0.15, -0.1) is 0 Å². The molecule has 1 fully saturated rings. The Morgan fingerprint density at radius 2 is 1.74 bits per heavy atom. The standard InChI is InChI=1S/C16H21F2N3O2/c1-21(15(23)16(19)5-3-2-4-6-16)10-14(22)20-13-8-11(17)7-12(18)9-13/h7-9H,2-6,10,19H2,1H3,(H,20,22). The average Bonchev–Trinajstić information content (AvgIpc) is 2.45. The van der Waals surface area contributed by atoms with Gasteiger partial charge < -0.3 is 16.0 Å². The third-order valence-electron chi connectivity index (χ3n) is 4.05. The lowest BCUT2D eigenvalue weighted by Crippen LogP contribution is -2.56. The molecule has 0 bridgehead atoms. The van der Waals surface area contributed by atoms with Gasteiger partial charge in [-0.3, -0.25) is 9.59 Å². The van der Waals surface area contributed by atoms with Crippen molar-refractivity contribution in [3.63, 3.8) is 0 Å². The molecule has 23 heavy (non-hydrogen) atoms. The van der Waals surface area contributed by atoms with E-state index >= 15 is 0 Å². The maximum atomic E-state index is 13.1. The first-order chi connectivity index (χ1) is 10.8. The van der Waals surface area contributed by atoms with Crippen LogP contribution in [0.5, 0.6) is 0 Å². The Hall–Kier alpha value is -2.02. The van der Waals surface area contributed by atoms with Crippen LogP contribution in [0.4, 0.5) is 14.5 Å². The Morgan fingerprint density at radius 3 is 2.30 bits per heavy atom. The van der Waals surface area contributed by atoms with Gasteiger partial charge in [0.1, 0.15) is 11.6 Å². The second-order valence-electron chi connectivity index (χ2n) is 6.08. The Morgan fingerprint density at radius 1 is 1.17 bits per heavy atom. The maximum Gasteiger partial charge on any atom is 0.243 e. The first-order valence-corrected chi connectivity index (χ1v) is 7.60. The smallest absolute Gasteiger partial charge is 0.243 e. The number of nitrogens with zero attached hydrogens (tertiary/aromatic N) is 1. The van der Waals surface area contributed by atoms with E-state index in [-0.39, 0.29) is 18.1 Å². The zero-order valence-electron chi connectivity index (χ0n) is 13.1. The number of benzene rings is 1. The van der Waals surface area contributed by atoms with E-state index in [0.29, 0.717) is 18.9 Å². The number of carbonyl (C=O) groups excluding carboxylic acids is 2. The van der Waals surface area contributed by atoms with E-state index in [2.05, 4.69) is 5.32 Å². The van der Waals surface area contributed by atoms with Gasteiger partial charge in [0.2, 0.25) is 11.8 Å². The molecule has 0 aromatic heterocycles. The summed E-state index contributed by atoms with van der Waals surface area (Å²) < 4.78 is 26.2. The third-order valence-corrected chi connectivity index (χ3v) is 4.05. The second-order valence-corrected chi connectivity index (χ2v) is 6.08. The van der Waals surface area contributed by atoms with Crippen LogP contribution in [0.25, 0.3) is 0 Å². The lowest BCUT2D eigenvalue weighted by Gasteiger charge is -2.35. The molecular formula is C16H21F2N3O2. The molecule has 5 nitrogen and oxygen atoms in total. The van der Waals surface area contributed by atoms with Crippen molar-refractivity contribution < 1.29 is 18.4 Å². The van der Waals surface area contributed by atoms with E-state index in [9.17, 15) is 18.4 Å². The van der Waals surface area contributed by atoms with Crippen LogP contribution in [0, 0.1) is 11.6 Å². The van der Waals surface area contributed by atoms with Crippen molar-refractivity contribution in [2.24, 2.45) is 5.73 Å². The highest BCUT2D eigenvalue weighted by atomic mass is 19.1. The summed E-state index contributed by atoms with van der Waals surface area (Å²) in [5.41, 5.74) is 5.24. The summed E-state index contributed by atoms with van der Waals surface area (Å²) in [5.74, 6) is -2.39. The molecule has 1 aliphatic rings. The van der Waals surface area contributed by atoms with Crippen LogP contribution in [-0.4, -0.2) is 35.8 Å². The summed E-state index contributed by atoms with van der Waals surface area (Å²) in [6.45, 7) is -0.226. The highest BCUT2D eigenvalue weighted by molar-refractivity contribution is 5.96. The van der Waals surface area contributed by atoms with E-state index in [4.69, 9.17) is 5.73 Å². The number of carbonyl (C=O) groups is 2. The molecule has 0 saturated heterocycles. The normalized spacial score (nSPS) is 16.7. The minimum Gasteiger partial charge on any atom is -0.335 e. The molecule has 1 aromatic rings. The predicted molar refractivity (Wildman–Crippen MR) is 82.6 cm³/mol. The van der Waals surface area contributed by atoms with Crippen molar-refractivity contribution in [3.8, 4) is 0 Å². The third kappa shape index (κ3) is 4.48. The fraction of sp³-hybridized carbons (Fsp3) is 0.500. The van der Waals surface area contributed by atoms with Crippen LogP contribution in [-0.2, 0) is 9.59 Å². The Bertz CT molecular complexity index is 581.